The standard InChI is InChI=1S/C18H23NO/c1-3-4-8-18-9-7-13(20)10-16(18)14-5-6-17(19)12(2)15(14)11-18/h5-6,10H,3-4,7-9,11,19H2,1-2H3. The van der Waals surface area contributed by atoms with Gasteiger partial charge in [-0.3, -0.25) is 4.79 Å². The minimum atomic E-state index is 0.199. The number of anilines is 1. The number of ketones is 1. The molecule has 2 nitrogen and oxygen atoms in total. The van der Waals surface area contributed by atoms with Crippen molar-refractivity contribution in [3.8, 4) is 0 Å². The lowest BCUT2D eigenvalue weighted by atomic mass is 9.69. The molecule has 20 heavy (non-hydrogen) atoms. The fourth-order valence-corrected chi connectivity index (χ4v) is 3.89. The van der Waals surface area contributed by atoms with Crippen LogP contribution in [0.2, 0.25) is 0 Å². The van der Waals surface area contributed by atoms with E-state index in [0.29, 0.717) is 6.42 Å². The molecule has 0 radical (unpaired) electrons. The number of carbonyl (C=O) groups is 1. The third-order valence-corrected chi connectivity index (χ3v) is 5.18. The van der Waals surface area contributed by atoms with Gasteiger partial charge in [-0.05, 0) is 60.6 Å². The molecule has 0 aliphatic heterocycles. The first-order valence-corrected chi connectivity index (χ1v) is 7.71. The summed E-state index contributed by atoms with van der Waals surface area (Å²) in [7, 11) is 0. The van der Waals surface area contributed by atoms with Crippen LogP contribution in [-0.2, 0) is 11.2 Å². The highest BCUT2D eigenvalue weighted by Gasteiger charge is 2.44. The Labute approximate surface area is 121 Å². The first kappa shape index (κ1) is 13.4. The number of benzene rings is 1. The quantitative estimate of drug-likeness (QED) is 0.841. The van der Waals surface area contributed by atoms with E-state index in [2.05, 4.69) is 19.9 Å². The second-order valence-electron chi connectivity index (χ2n) is 6.39. The van der Waals surface area contributed by atoms with E-state index < -0.39 is 0 Å². The Kier molecular flexibility index (Phi) is 3.19. The highest BCUT2D eigenvalue weighted by atomic mass is 16.1. The van der Waals surface area contributed by atoms with Gasteiger partial charge in [-0.1, -0.05) is 25.8 Å². The van der Waals surface area contributed by atoms with Gasteiger partial charge in [-0.2, -0.15) is 0 Å². The molecule has 2 aliphatic rings. The molecule has 1 aromatic rings. The molecule has 0 saturated carbocycles. The van der Waals surface area contributed by atoms with Crippen LogP contribution >= 0.6 is 0 Å². The summed E-state index contributed by atoms with van der Waals surface area (Å²) in [6.45, 7) is 4.35. The maximum atomic E-state index is 11.9. The molecule has 0 heterocycles. The summed E-state index contributed by atoms with van der Waals surface area (Å²) in [4.78, 5) is 11.9. The molecule has 3 rings (SSSR count). The summed E-state index contributed by atoms with van der Waals surface area (Å²) in [5.74, 6) is 0.287. The van der Waals surface area contributed by atoms with Crippen molar-refractivity contribution in [3.05, 3.63) is 34.9 Å². The largest absolute Gasteiger partial charge is 0.399 e. The minimum Gasteiger partial charge on any atom is -0.399 e. The fourth-order valence-electron chi connectivity index (χ4n) is 3.89. The topological polar surface area (TPSA) is 43.1 Å². The molecule has 106 valence electrons. The Morgan fingerprint density at radius 3 is 2.90 bits per heavy atom. The number of rotatable bonds is 3. The summed E-state index contributed by atoms with van der Waals surface area (Å²) in [5.41, 5.74) is 12.3. The maximum Gasteiger partial charge on any atom is 0.156 e. The van der Waals surface area contributed by atoms with Crippen molar-refractivity contribution in [2.24, 2.45) is 5.41 Å². The number of carbonyl (C=O) groups excluding carboxylic acids is 1. The van der Waals surface area contributed by atoms with Crippen molar-refractivity contribution in [1.82, 2.24) is 0 Å². The molecular weight excluding hydrogens is 246 g/mol. The first-order chi connectivity index (χ1) is 9.57. The summed E-state index contributed by atoms with van der Waals surface area (Å²) in [5, 5.41) is 0. The second kappa shape index (κ2) is 4.76. The molecule has 0 amide bonds. The zero-order valence-corrected chi connectivity index (χ0v) is 12.5. The summed E-state index contributed by atoms with van der Waals surface area (Å²) in [6.07, 6.45) is 8.32. The van der Waals surface area contributed by atoms with Gasteiger partial charge in [0.2, 0.25) is 0 Å². The van der Waals surface area contributed by atoms with Gasteiger partial charge >= 0.3 is 0 Å². The molecule has 0 bridgehead atoms. The average molecular weight is 269 g/mol. The molecule has 0 fully saturated rings. The zero-order valence-electron chi connectivity index (χ0n) is 12.5. The molecule has 1 unspecified atom stereocenters. The van der Waals surface area contributed by atoms with E-state index in [1.165, 1.54) is 41.5 Å². The third-order valence-electron chi connectivity index (χ3n) is 5.18. The van der Waals surface area contributed by atoms with Crippen LogP contribution in [0.15, 0.2) is 18.2 Å². The van der Waals surface area contributed by atoms with Crippen LogP contribution in [0.5, 0.6) is 0 Å². The van der Waals surface area contributed by atoms with Crippen molar-refractivity contribution >= 4 is 17.0 Å². The lowest BCUT2D eigenvalue weighted by molar-refractivity contribution is -0.115. The highest BCUT2D eigenvalue weighted by molar-refractivity contribution is 6.01. The number of nitrogens with two attached hydrogens (primary N) is 1. The normalized spacial score (nSPS) is 24.3. The predicted molar refractivity (Wildman–Crippen MR) is 83.5 cm³/mol. The van der Waals surface area contributed by atoms with Crippen LogP contribution in [0.25, 0.3) is 5.57 Å². The van der Waals surface area contributed by atoms with Crippen molar-refractivity contribution < 1.29 is 4.79 Å². The number of allylic oxidation sites excluding steroid dienone is 2. The molecule has 2 N–H and O–H groups in total. The van der Waals surface area contributed by atoms with Gasteiger partial charge in [0.15, 0.2) is 5.78 Å². The highest BCUT2D eigenvalue weighted by Crippen LogP contribution is 2.55. The molecule has 2 heteroatoms. The van der Waals surface area contributed by atoms with Crippen LogP contribution in [0, 0.1) is 12.3 Å². The SMILES string of the molecule is CCCCC12CCC(=O)C=C1c1ccc(N)c(C)c1C2. The summed E-state index contributed by atoms with van der Waals surface area (Å²) in [6, 6.07) is 4.11. The van der Waals surface area contributed by atoms with Gasteiger partial charge < -0.3 is 5.73 Å². The van der Waals surface area contributed by atoms with Gasteiger partial charge in [-0.15, -0.1) is 0 Å². The Bertz CT molecular complexity index is 600. The average Bonchev–Trinajstić information content (AvgIpc) is 2.76. The van der Waals surface area contributed by atoms with Gasteiger partial charge in [0.25, 0.3) is 0 Å². The van der Waals surface area contributed by atoms with Crippen LogP contribution in [0.4, 0.5) is 5.69 Å². The maximum absolute atomic E-state index is 11.9. The van der Waals surface area contributed by atoms with Crippen LogP contribution < -0.4 is 5.73 Å². The van der Waals surface area contributed by atoms with E-state index in [4.69, 9.17) is 5.73 Å². The van der Waals surface area contributed by atoms with E-state index in [1.54, 1.807) is 0 Å². The number of hydrogen-bond donors (Lipinski definition) is 1. The Morgan fingerprint density at radius 2 is 2.15 bits per heavy atom. The fraction of sp³-hybridized carbons (Fsp3) is 0.500. The first-order valence-electron chi connectivity index (χ1n) is 7.71. The Hall–Kier alpha value is -1.57. The van der Waals surface area contributed by atoms with Crippen LogP contribution in [0.3, 0.4) is 0 Å². The van der Waals surface area contributed by atoms with Crippen molar-refractivity contribution in [1.29, 1.82) is 0 Å². The molecule has 0 saturated heterocycles. The molecule has 0 spiro atoms. The predicted octanol–water partition coefficient (Wildman–Crippen LogP) is 4.06. The molecule has 2 aliphatic carbocycles. The second-order valence-corrected chi connectivity index (χ2v) is 6.39. The smallest absolute Gasteiger partial charge is 0.156 e. The monoisotopic (exact) mass is 269 g/mol. The number of fused-ring (bicyclic) bond motifs is 3. The van der Waals surface area contributed by atoms with Gasteiger partial charge in [0, 0.05) is 17.5 Å². The lowest BCUT2D eigenvalue weighted by Crippen LogP contribution is -2.25. The van der Waals surface area contributed by atoms with Crippen molar-refractivity contribution in [2.75, 3.05) is 5.73 Å². The van der Waals surface area contributed by atoms with Gasteiger partial charge in [0.05, 0.1) is 0 Å². The van der Waals surface area contributed by atoms with Gasteiger partial charge in [0.1, 0.15) is 0 Å². The summed E-state index contributed by atoms with van der Waals surface area (Å²) < 4.78 is 0. The Morgan fingerprint density at radius 1 is 1.35 bits per heavy atom. The number of unbranched alkanes of at least 4 members (excludes halogenated alkanes) is 1. The number of nitrogen functional groups attached to an aromatic ring is 1. The number of hydrogen-bond acceptors (Lipinski definition) is 2. The van der Waals surface area contributed by atoms with E-state index in [1.807, 2.05) is 12.1 Å². The zero-order chi connectivity index (χ0) is 14.3. The van der Waals surface area contributed by atoms with E-state index in [0.717, 1.165) is 18.5 Å². The van der Waals surface area contributed by atoms with Crippen molar-refractivity contribution in [2.45, 2.75) is 52.4 Å². The van der Waals surface area contributed by atoms with Gasteiger partial charge in [-0.25, -0.2) is 0 Å². The molecule has 1 aromatic carbocycles. The summed E-state index contributed by atoms with van der Waals surface area (Å²) >= 11 is 0. The van der Waals surface area contributed by atoms with E-state index >= 15 is 0 Å². The minimum absolute atomic E-state index is 0.199. The van der Waals surface area contributed by atoms with E-state index in [9.17, 15) is 4.79 Å². The van der Waals surface area contributed by atoms with Crippen LogP contribution in [0.1, 0.15) is 55.7 Å². The van der Waals surface area contributed by atoms with E-state index in [-0.39, 0.29) is 11.2 Å². The molecular formula is C18H23NO. The van der Waals surface area contributed by atoms with Crippen molar-refractivity contribution in [3.63, 3.8) is 0 Å². The third kappa shape index (κ3) is 1.90. The molecule has 0 aromatic heterocycles. The lowest BCUT2D eigenvalue weighted by Gasteiger charge is -2.34. The Balaban J connectivity index is 2.12. The van der Waals surface area contributed by atoms with Crippen LogP contribution in [-0.4, -0.2) is 5.78 Å². The molecule has 1 atom stereocenters.